The molecule has 1 aliphatic heterocycles. The fourth-order valence-electron chi connectivity index (χ4n) is 2.02. The van der Waals surface area contributed by atoms with E-state index in [9.17, 15) is 4.79 Å². The quantitative estimate of drug-likeness (QED) is 0.813. The van der Waals surface area contributed by atoms with Gasteiger partial charge in [0.2, 0.25) is 5.91 Å². The minimum absolute atomic E-state index is 0. The standard InChI is InChI=1S/C11H22N2OS.ClH/c1-11(2)5-4-6-12-9(11)7-13-10(14)8-15-3;/h9,12H,4-8H2,1-3H3,(H,13,14);1H. The van der Waals surface area contributed by atoms with Gasteiger partial charge in [0.25, 0.3) is 0 Å². The molecule has 0 radical (unpaired) electrons. The number of piperidine rings is 1. The second-order valence-electron chi connectivity index (χ2n) is 4.84. The molecule has 0 saturated carbocycles. The molecule has 1 rings (SSSR count). The summed E-state index contributed by atoms with van der Waals surface area (Å²) in [6.07, 6.45) is 4.42. The summed E-state index contributed by atoms with van der Waals surface area (Å²) < 4.78 is 0. The lowest BCUT2D eigenvalue weighted by Gasteiger charge is -2.39. The minimum Gasteiger partial charge on any atom is -0.354 e. The van der Waals surface area contributed by atoms with Crippen LogP contribution in [0.15, 0.2) is 0 Å². The van der Waals surface area contributed by atoms with Gasteiger partial charge in [-0.2, -0.15) is 11.8 Å². The van der Waals surface area contributed by atoms with Crippen molar-refractivity contribution in [2.75, 3.05) is 25.1 Å². The zero-order valence-corrected chi connectivity index (χ0v) is 12.0. The Morgan fingerprint density at radius 2 is 2.25 bits per heavy atom. The summed E-state index contributed by atoms with van der Waals surface area (Å²) in [7, 11) is 0. The number of halogens is 1. The Balaban J connectivity index is 0.00000225. The molecule has 0 aromatic heterocycles. The SMILES string of the molecule is CSCC(=O)NCC1NCCCC1(C)C.Cl. The number of thioether (sulfide) groups is 1. The molecule has 1 aliphatic rings. The normalized spacial score (nSPS) is 23.3. The number of carbonyl (C=O) groups excluding carboxylic acids is 1. The summed E-state index contributed by atoms with van der Waals surface area (Å²) in [5.41, 5.74) is 0.297. The highest BCUT2D eigenvalue weighted by Crippen LogP contribution is 2.29. The van der Waals surface area contributed by atoms with E-state index in [1.54, 1.807) is 11.8 Å². The van der Waals surface area contributed by atoms with E-state index >= 15 is 0 Å². The average molecular weight is 267 g/mol. The van der Waals surface area contributed by atoms with Gasteiger partial charge in [-0.3, -0.25) is 4.79 Å². The van der Waals surface area contributed by atoms with E-state index in [2.05, 4.69) is 24.5 Å². The van der Waals surface area contributed by atoms with E-state index in [1.807, 2.05) is 6.26 Å². The van der Waals surface area contributed by atoms with Crippen molar-refractivity contribution < 1.29 is 4.79 Å². The van der Waals surface area contributed by atoms with Crippen molar-refractivity contribution >= 4 is 30.1 Å². The van der Waals surface area contributed by atoms with Gasteiger partial charge in [-0.05, 0) is 31.1 Å². The Labute approximate surface area is 109 Å². The van der Waals surface area contributed by atoms with Crippen molar-refractivity contribution in [3.05, 3.63) is 0 Å². The molecular formula is C11H23ClN2OS. The lowest BCUT2D eigenvalue weighted by atomic mass is 9.77. The number of rotatable bonds is 4. The van der Waals surface area contributed by atoms with Crippen LogP contribution in [0.1, 0.15) is 26.7 Å². The minimum atomic E-state index is 0. The molecule has 5 heteroatoms. The molecule has 1 amide bonds. The van der Waals surface area contributed by atoms with Crippen LogP contribution in [0.2, 0.25) is 0 Å². The molecule has 1 unspecified atom stereocenters. The first-order chi connectivity index (χ1) is 7.06. The highest BCUT2D eigenvalue weighted by Gasteiger charge is 2.31. The van der Waals surface area contributed by atoms with E-state index in [-0.39, 0.29) is 18.3 Å². The molecule has 0 aromatic carbocycles. The molecule has 3 nitrogen and oxygen atoms in total. The van der Waals surface area contributed by atoms with Gasteiger partial charge < -0.3 is 10.6 Å². The van der Waals surface area contributed by atoms with Crippen molar-refractivity contribution in [3.8, 4) is 0 Å². The Kier molecular flexibility index (Phi) is 7.44. The summed E-state index contributed by atoms with van der Waals surface area (Å²) in [5.74, 6) is 0.707. The number of nitrogens with one attached hydrogen (secondary N) is 2. The number of hydrogen-bond acceptors (Lipinski definition) is 3. The maximum absolute atomic E-state index is 11.3. The lowest BCUT2D eigenvalue weighted by Crippen LogP contribution is -2.53. The van der Waals surface area contributed by atoms with Crippen LogP contribution in [0.4, 0.5) is 0 Å². The smallest absolute Gasteiger partial charge is 0.230 e. The largest absolute Gasteiger partial charge is 0.354 e. The first-order valence-corrected chi connectivity index (χ1v) is 6.94. The van der Waals surface area contributed by atoms with Gasteiger partial charge in [-0.15, -0.1) is 12.4 Å². The number of hydrogen-bond donors (Lipinski definition) is 2. The van der Waals surface area contributed by atoms with E-state index in [4.69, 9.17) is 0 Å². The molecule has 1 saturated heterocycles. The van der Waals surface area contributed by atoms with Crippen molar-refractivity contribution in [1.82, 2.24) is 10.6 Å². The fourth-order valence-corrected chi connectivity index (χ4v) is 2.38. The first-order valence-electron chi connectivity index (χ1n) is 5.55. The predicted octanol–water partition coefficient (Wildman–Crippen LogP) is 1.67. The predicted molar refractivity (Wildman–Crippen MR) is 73.4 cm³/mol. The summed E-state index contributed by atoms with van der Waals surface area (Å²) in [6, 6.07) is 0.414. The van der Waals surface area contributed by atoms with E-state index in [0.717, 1.165) is 13.1 Å². The molecule has 1 fully saturated rings. The van der Waals surface area contributed by atoms with Crippen LogP contribution in [-0.4, -0.2) is 37.0 Å². The lowest BCUT2D eigenvalue weighted by molar-refractivity contribution is -0.118. The third-order valence-electron chi connectivity index (χ3n) is 3.11. The average Bonchev–Trinajstić information content (AvgIpc) is 2.16. The van der Waals surface area contributed by atoms with Crippen LogP contribution >= 0.6 is 24.2 Å². The second-order valence-corrected chi connectivity index (χ2v) is 5.70. The molecule has 2 N–H and O–H groups in total. The summed E-state index contributed by atoms with van der Waals surface area (Å²) in [5, 5.41) is 6.47. The van der Waals surface area contributed by atoms with Gasteiger partial charge in [0.05, 0.1) is 5.75 Å². The van der Waals surface area contributed by atoms with Crippen LogP contribution in [0, 0.1) is 5.41 Å². The van der Waals surface area contributed by atoms with Crippen LogP contribution < -0.4 is 10.6 Å². The molecular weight excluding hydrogens is 244 g/mol. The Morgan fingerprint density at radius 3 is 2.81 bits per heavy atom. The number of amides is 1. The van der Waals surface area contributed by atoms with Crippen LogP contribution in [-0.2, 0) is 4.79 Å². The molecule has 1 atom stereocenters. The van der Waals surface area contributed by atoms with Gasteiger partial charge in [0.15, 0.2) is 0 Å². The monoisotopic (exact) mass is 266 g/mol. The summed E-state index contributed by atoms with van der Waals surface area (Å²) in [6.45, 7) is 6.37. The van der Waals surface area contributed by atoms with Crippen molar-refractivity contribution in [1.29, 1.82) is 0 Å². The Morgan fingerprint density at radius 1 is 1.56 bits per heavy atom. The third kappa shape index (κ3) is 4.93. The molecule has 96 valence electrons. The topological polar surface area (TPSA) is 41.1 Å². The summed E-state index contributed by atoms with van der Waals surface area (Å²) >= 11 is 1.56. The van der Waals surface area contributed by atoms with Crippen molar-refractivity contribution in [2.24, 2.45) is 5.41 Å². The molecule has 0 bridgehead atoms. The van der Waals surface area contributed by atoms with Crippen molar-refractivity contribution in [3.63, 3.8) is 0 Å². The van der Waals surface area contributed by atoms with Crippen LogP contribution in [0.5, 0.6) is 0 Å². The maximum atomic E-state index is 11.3. The highest BCUT2D eigenvalue weighted by atomic mass is 35.5. The molecule has 0 spiro atoms. The first kappa shape index (κ1) is 16.1. The molecule has 0 aliphatic carbocycles. The van der Waals surface area contributed by atoms with Crippen LogP contribution in [0.3, 0.4) is 0 Å². The maximum Gasteiger partial charge on any atom is 0.230 e. The third-order valence-corrected chi connectivity index (χ3v) is 3.66. The zero-order chi connectivity index (χ0) is 11.3. The highest BCUT2D eigenvalue weighted by molar-refractivity contribution is 7.99. The van der Waals surface area contributed by atoms with Gasteiger partial charge in [0, 0.05) is 12.6 Å². The van der Waals surface area contributed by atoms with Crippen LogP contribution in [0.25, 0.3) is 0 Å². The van der Waals surface area contributed by atoms with Gasteiger partial charge in [-0.25, -0.2) is 0 Å². The molecule has 16 heavy (non-hydrogen) atoms. The van der Waals surface area contributed by atoms with E-state index in [0.29, 0.717) is 17.2 Å². The Bertz CT molecular complexity index is 224. The Hall–Kier alpha value is 0.0700. The zero-order valence-electron chi connectivity index (χ0n) is 10.3. The summed E-state index contributed by atoms with van der Waals surface area (Å²) in [4.78, 5) is 11.3. The molecule has 1 heterocycles. The molecule has 0 aromatic rings. The van der Waals surface area contributed by atoms with Gasteiger partial charge in [0.1, 0.15) is 0 Å². The van der Waals surface area contributed by atoms with E-state index < -0.39 is 0 Å². The van der Waals surface area contributed by atoms with Crippen molar-refractivity contribution in [2.45, 2.75) is 32.7 Å². The van der Waals surface area contributed by atoms with Gasteiger partial charge >= 0.3 is 0 Å². The number of carbonyl (C=O) groups is 1. The second kappa shape index (κ2) is 7.41. The van der Waals surface area contributed by atoms with Gasteiger partial charge in [-0.1, -0.05) is 13.8 Å². The van der Waals surface area contributed by atoms with E-state index in [1.165, 1.54) is 12.8 Å². The fraction of sp³-hybridized carbons (Fsp3) is 0.909.